The molecule has 9 nitrogen and oxygen atoms in total. The predicted molar refractivity (Wildman–Crippen MR) is 203 cm³/mol. The van der Waals surface area contributed by atoms with Gasteiger partial charge in [-0.25, -0.2) is 14.1 Å². The minimum absolute atomic E-state index is 0.193. The Balaban J connectivity index is 1.36. The lowest BCUT2D eigenvalue weighted by molar-refractivity contribution is -0.253. The minimum atomic E-state index is -0.647. The second-order valence-electron chi connectivity index (χ2n) is 19.9. The van der Waals surface area contributed by atoms with Gasteiger partial charge < -0.3 is 19.5 Å². The highest BCUT2D eigenvalue weighted by Crippen LogP contribution is 2.75. The summed E-state index contributed by atoms with van der Waals surface area (Å²) in [6.07, 6.45) is 12.0. The molecule has 2 aromatic heterocycles. The molecule has 3 saturated carbocycles. The zero-order valence-electron chi connectivity index (χ0n) is 34.1. The van der Waals surface area contributed by atoms with Crippen LogP contribution in [0.4, 0.5) is 4.39 Å². The van der Waals surface area contributed by atoms with Crippen LogP contribution >= 0.6 is 0 Å². The van der Waals surface area contributed by atoms with Crippen molar-refractivity contribution < 1.29 is 23.8 Å². The summed E-state index contributed by atoms with van der Waals surface area (Å²) in [6, 6.07) is 1.44. The number of nitrogens with zero attached hydrogens (tertiary/aromatic N) is 5. The number of aromatic nitrogens is 4. The molecule has 7 rings (SSSR count). The topological polar surface area (TPSA) is 103 Å². The lowest BCUT2D eigenvalue weighted by Gasteiger charge is -2.71. The summed E-state index contributed by atoms with van der Waals surface area (Å²) in [5, 5.41) is 16.0. The smallest absolute Gasteiger partial charge is 0.307 e. The molecule has 1 N–H and O–H groups in total. The predicted octanol–water partition coefficient (Wildman–Crippen LogP) is 8.33. The number of pyridine rings is 1. The molecule has 0 amide bonds. The Morgan fingerprint density at radius 3 is 2.53 bits per heavy atom. The van der Waals surface area contributed by atoms with Gasteiger partial charge in [0, 0.05) is 22.6 Å². The van der Waals surface area contributed by atoms with Crippen molar-refractivity contribution in [3.63, 3.8) is 0 Å². The molecule has 1 saturated heterocycles. The van der Waals surface area contributed by atoms with Crippen LogP contribution in [0.1, 0.15) is 107 Å². The van der Waals surface area contributed by atoms with Crippen molar-refractivity contribution in [1.82, 2.24) is 24.6 Å². The molecule has 53 heavy (non-hydrogen) atoms. The number of fused-ring (bicyclic) bond motifs is 3. The van der Waals surface area contributed by atoms with E-state index in [9.17, 15) is 9.90 Å². The molecule has 0 spiro atoms. The van der Waals surface area contributed by atoms with Crippen LogP contribution in [0.3, 0.4) is 0 Å². The van der Waals surface area contributed by atoms with Crippen molar-refractivity contribution >= 4 is 5.97 Å². The van der Waals surface area contributed by atoms with Crippen LogP contribution in [0.15, 0.2) is 36.4 Å². The highest BCUT2D eigenvalue weighted by Gasteiger charge is 2.72. The van der Waals surface area contributed by atoms with Crippen LogP contribution in [0.5, 0.6) is 0 Å². The highest BCUT2D eigenvalue weighted by atomic mass is 19.1. The van der Waals surface area contributed by atoms with Crippen molar-refractivity contribution in [1.29, 1.82) is 0 Å². The first kappa shape index (κ1) is 38.6. The first-order valence-corrected chi connectivity index (χ1v) is 20.1. The van der Waals surface area contributed by atoms with Crippen LogP contribution in [0, 0.1) is 62.5 Å². The van der Waals surface area contributed by atoms with E-state index in [-0.39, 0.29) is 51.2 Å². The Hall–Kier alpha value is -2.69. The number of likely N-dealkylation sites (N-methyl/N-ethyl adjacent to an activating group) is 1. The molecule has 2 aromatic rings. The average Bonchev–Trinajstić information content (AvgIpc) is 3.57. The molecule has 2 bridgehead atoms. The molecular weight excluding hydrogens is 670 g/mol. The maximum atomic E-state index is 15.4. The Bertz CT molecular complexity index is 1760. The molecule has 3 heterocycles. The second kappa shape index (κ2) is 12.9. The van der Waals surface area contributed by atoms with Gasteiger partial charge in [0.15, 0.2) is 11.6 Å². The van der Waals surface area contributed by atoms with E-state index in [0.717, 1.165) is 38.5 Å². The number of carboxylic acids is 1. The van der Waals surface area contributed by atoms with Gasteiger partial charge in [-0.2, -0.15) is 5.10 Å². The quantitative estimate of drug-likeness (QED) is 0.257. The van der Waals surface area contributed by atoms with Crippen LogP contribution < -0.4 is 0 Å². The minimum Gasteiger partial charge on any atom is -0.481 e. The van der Waals surface area contributed by atoms with E-state index in [1.807, 2.05) is 4.68 Å². The summed E-state index contributed by atoms with van der Waals surface area (Å²) in [5.74, 6) is 0.179. The maximum absolute atomic E-state index is 15.4. The molecule has 5 aliphatic rings. The van der Waals surface area contributed by atoms with Crippen molar-refractivity contribution in [2.75, 3.05) is 33.9 Å². The van der Waals surface area contributed by atoms with Crippen LogP contribution in [0.25, 0.3) is 11.4 Å². The van der Waals surface area contributed by atoms with E-state index in [0.29, 0.717) is 43.0 Å². The number of allylic oxidation sites excluding steroid dienone is 1. The van der Waals surface area contributed by atoms with Crippen LogP contribution in [-0.4, -0.2) is 81.3 Å². The van der Waals surface area contributed by atoms with Gasteiger partial charge in [0.1, 0.15) is 6.33 Å². The highest BCUT2D eigenvalue weighted by molar-refractivity contribution is 5.73. The van der Waals surface area contributed by atoms with E-state index < -0.39 is 23.1 Å². The molecule has 4 aliphatic carbocycles. The first-order chi connectivity index (χ1) is 24.8. The van der Waals surface area contributed by atoms with Gasteiger partial charge in [-0.3, -0.25) is 9.78 Å². The second-order valence-corrected chi connectivity index (χ2v) is 19.9. The third-order valence-corrected chi connectivity index (χ3v) is 16.8. The number of hydrogen-bond donors (Lipinski definition) is 1. The van der Waals surface area contributed by atoms with Crippen molar-refractivity contribution in [3.05, 3.63) is 42.3 Å². The van der Waals surface area contributed by atoms with Crippen molar-refractivity contribution in [2.24, 2.45) is 56.7 Å². The summed E-state index contributed by atoms with van der Waals surface area (Å²) in [5.41, 5.74) is 0.0526. The molecule has 0 radical (unpaired) electrons. The number of carbonyl (C=O) groups is 1. The van der Waals surface area contributed by atoms with Crippen LogP contribution in [0.2, 0.25) is 0 Å². The monoisotopic (exact) mass is 733 g/mol. The van der Waals surface area contributed by atoms with E-state index in [1.165, 1.54) is 18.1 Å². The third-order valence-electron chi connectivity index (χ3n) is 16.8. The maximum Gasteiger partial charge on any atom is 0.307 e. The molecule has 0 aromatic carbocycles. The summed E-state index contributed by atoms with van der Waals surface area (Å²) in [4.78, 5) is 24.4. The number of hydrogen-bond acceptors (Lipinski definition) is 7. The fourth-order valence-electron chi connectivity index (χ4n) is 12.8. The average molecular weight is 734 g/mol. The number of aliphatic carboxylic acids is 1. The van der Waals surface area contributed by atoms with E-state index in [4.69, 9.17) is 14.6 Å². The van der Waals surface area contributed by atoms with E-state index in [2.05, 4.69) is 97.4 Å². The van der Waals surface area contributed by atoms with Gasteiger partial charge in [0.2, 0.25) is 0 Å². The van der Waals surface area contributed by atoms with Gasteiger partial charge >= 0.3 is 5.97 Å². The lowest BCUT2D eigenvalue weighted by Crippen LogP contribution is -2.69. The van der Waals surface area contributed by atoms with E-state index in [1.54, 1.807) is 12.3 Å². The Morgan fingerprint density at radius 2 is 1.87 bits per heavy atom. The van der Waals surface area contributed by atoms with Crippen LogP contribution in [-0.2, 0) is 14.3 Å². The van der Waals surface area contributed by atoms with Gasteiger partial charge in [-0.05, 0) is 112 Å². The first-order valence-electron chi connectivity index (χ1n) is 20.1. The largest absolute Gasteiger partial charge is 0.481 e. The lowest BCUT2D eigenvalue weighted by atomic mass is 9.34. The molecule has 0 unspecified atom stereocenters. The standard InChI is InChI=1S/C43H64FN5O4/c1-26(2)27(3)39(6)17-18-41(8)29-12-13-33-40(7)23-52-24-43(33,30(29)14-16-42(41,9)34(39)37(50)51)20-32(35(40)53-22-38(4,5)48(10)11)49-36(46-25-47-49)28-15-19-45-21-31(28)44/h14-15,19,21,25-27,29,32-35H,12-13,16-18,20,22-24H2,1-11H3,(H,50,51)/t27-,29+,32-,33+,34-,35+,39-,40+,41-,42+,43+/m1/s1. The molecule has 292 valence electrons. The normalized spacial score (nSPS) is 40.3. The van der Waals surface area contributed by atoms with Crippen molar-refractivity contribution in [2.45, 2.75) is 119 Å². The number of rotatable bonds is 9. The Morgan fingerprint density at radius 1 is 1.13 bits per heavy atom. The van der Waals surface area contributed by atoms with Gasteiger partial charge in [-0.1, -0.05) is 60.1 Å². The van der Waals surface area contributed by atoms with E-state index >= 15 is 4.39 Å². The van der Waals surface area contributed by atoms with Crippen molar-refractivity contribution in [3.8, 4) is 11.4 Å². The van der Waals surface area contributed by atoms with Gasteiger partial charge in [0.05, 0.1) is 49.6 Å². The summed E-state index contributed by atoms with van der Waals surface area (Å²) in [6.45, 7) is 22.2. The van der Waals surface area contributed by atoms with Gasteiger partial charge in [-0.15, -0.1) is 0 Å². The fraction of sp³-hybridized carbons (Fsp3) is 0.767. The summed E-state index contributed by atoms with van der Waals surface area (Å²) >= 11 is 0. The Labute approximate surface area is 316 Å². The Kier molecular flexibility index (Phi) is 9.42. The zero-order valence-corrected chi connectivity index (χ0v) is 34.1. The molecule has 10 heteroatoms. The molecule has 1 aliphatic heterocycles. The number of halogens is 1. The molecular formula is C43H64FN5O4. The zero-order chi connectivity index (χ0) is 38.5. The summed E-state index contributed by atoms with van der Waals surface area (Å²) in [7, 11) is 4.16. The number of carboxylic acid groups (broad SMARTS) is 1. The SMILES string of the molecule is CC(C)[C@@H](C)[C@@]1(C)CC[C@]2(C)[C@H]3CC[C@@H]4[C@@]5(COC[C@]4(C)[C@@H](OCC(C)(C)N(C)C)[C@H](n4ncnc4-c4ccncc4F)C5)C3=CC[C@@]2(C)[C@@H]1C(=O)O. The number of ether oxygens (including phenoxy) is 2. The molecule has 4 fully saturated rings. The van der Waals surface area contributed by atoms with Gasteiger partial charge in [0.25, 0.3) is 0 Å². The fourth-order valence-corrected chi connectivity index (χ4v) is 12.8. The summed E-state index contributed by atoms with van der Waals surface area (Å²) < 4.78 is 31.3. The third kappa shape index (κ3) is 5.45. The molecule has 11 atom stereocenters.